The number of nitrogens with zero attached hydrogens (tertiary/aromatic N) is 4. The van der Waals surface area contributed by atoms with E-state index in [4.69, 9.17) is 5.73 Å². The van der Waals surface area contributed by atoms with Gasteiger partial charge in [0.2, 0.25) is 5.95 Å². The standard InChI is InChI=1S/C15H15FN6/c16-11-3-1-9(2-4-11)10-5-6-22(7-10)14-12-13(19-8-18-12)20-15(17)21-14/h1-4,8,10H,5-7H2,(H3,17,18,19,20,21). The molecule has 1 aliphatic rings. The van der Waals surface area contributed by atoms with E-state index in [2.05, 4.69) is 24.8 Å². The molecule has 1 atom stereocenters. The first-order valence-electron chi connectivity index (χ1n) is 7.18. The first kappa shape index (κ1) is 13.0. The number of halogens is 1. The molecule has 6 nitrogen and oxygen atoms in total. The molecule has 3 N–H and O–H groups in total. The zero-order valence-corrected chi connectivity index (χ0v) is 11.8. The monoisotopic (exact) mass is 298 g/mol. The Morgan fingerprint density at radius 1 is 1.23 bits per heavy atom. The lowest BCUT2D eigenvalue weighted by Gasteiger charge is -2.18. The van der Waals surface area contributed by atoms with Crippen molar-refractivity contribution in [2.24, 2.45) is 0 Å². The number of nitrogen functional groups attached to an aromatic ring is 1. The number of benzene rings is 1. The van der Waals surface area contributed by atoms with Crippen LogP contribution in [0.5, 0.6) is 0 Å². The smallest absolute Gasteiger partial charge is 0.224 e. The van der Waals surface area contributed by atoms with E-state index in [0.717, 1.165) is 36.4 Å². The van der Waals surface area contributed by atoms with Crippen molar-refractivity contribution < 1.29 is 4.39 Å². The molecule has 0 aliphatic carbocycles. The molecule has 2 aromatic heterocycles. The minimum absolute atomic E-state index is 0.207. The molecule has 1 unspecified atom stereocenters. The van der Waals surface area contributed by atoms with Crippen LogP contribution in [0.3, 0.4) is 0 Å². The van der Waals surface area contributed by atoms with E-state index in [-0.39, 0.29) is 11.8 Å². The predicted molar refractivity (Wildman–Crippen MR) is 82.1 cm³/mol. The molecule has 0 bridgehead atoms. The van der Waals surface area contributed by atoms with Crippen molar-refractivity contribution in [2.75, 3.05) is 23.7 Å². The molecule has 1 aromatic carbocycles. The van der Waals surface area contributed by atoms with Crippen molar-refractivity contribution in [3.63, 3.8) is 0 Å². The van der Waals surface area contributed by atoms with Crippen molar-refractivity contribution in [3.05, 3.63) is 42.0 Å². The van der Waals surface area contributed by atoms with Crippen molar-refractivity contribution in [1.29, 1.82) is 0 Å². The van der Waals surface area contributed by atoms with Gasteiger partial charge in [0.25, 0.3) is 0 Å². The van der Waals surface area contributed by atoms with E-state index >= 15 is 0 Å². The van der Waals surface area contributed by atoms with E-state index in [1.54, 1.807) is 6.33 Å². The Hall–Kier alpha value is -2.70. The first-order valence-corrected chi connectivity index (χ1v) is 7.18. The van der Waals surface area contributed by atoms with Gasteiger partial charge in [-0.1, -0.05) is 12.1 Å². The second-order valence-electron chi connectivity index (χ2n) is 5.49. The summed E-state index contributed by atoms with van der Waals surface area (Å²) in [5, 5.41) is 0. The first-order chi connectivity index (χ1) is 10.7. The number of hydrogen-bond acceptors (Lipinski definition) is 5. The highest BCUT2D eigenvalue weighted by atomic mass is 19.1. The van der Waals surface area contributed by atoms with Crippen LogP contribution in [0.1, 0.15) is 17.9 Å². The van der Waals surface area contributed by atoms with Gasteiger partial charge in [0.1, 0.15) is 11.3 Å². The molecule has 7 heteroatoms. The molecule has 4 rings (SSSR count). The van der Waals surface area contributed by atoms with Crippen LogP contribution in [0.25, 0.3) is 11.2 Å². The van der Waals surface area contributed by atoms with E-state index in [1.165, 1.54) is 12.1 Å². The topological polar surface area (TPSA) is 83.7 Å². The summed E-state index contributed by atoms with van der Waals surface area (Å²) in [6.45, 7) is 1.68. The van der Waals surface area contributed by atoms with Crippen molar-refractivity contribution >= 4 is 22.9 Å². The lowest BCUT2D eigenvalue weighted by molar-refractivity contribution is 0.625. The lowest BCUT2D eigenvalue weighted by atomic mass is 9.99. The quantitative estimate of drug-likeness (QED) is 0.756. The molecule has 0 amide bonds. The number of H-pyrrole nitrogens is 1. The average Bonchev–Trinajstić information content (AvgIpc) is 3.15. The average molecular weight is 298 g/mol. The molecule has 1 fully saturated rings. The predicted octanol–water partition coefficient (Wildman–Crippen LogP) is 2.07. The fourth-order valence-corrected chi connectivity index (χ4v) is 3.02. The number of rotatable bonds is 2. The van der Waals surface area contributed by atoms with Gasteiger partial charge in [-0.2, -0.15) is 9.97 Å². The number of aromatic amines is 1. The van der Waals surface area contributed by atoms with E-state index in [9.17, 15) is 4.39 Å². The third-order valence-corrected chi connectivity index (χ3v) is 4.11. The van der Waals surface area contributed by atoms with Crippen LogP contribution in [0.15, 0.2) is 30.6 Å². The van der Waals surface area contributed by atoms with Gasteiger partial charge in [-0.05, 0) is 24.1 Å². The minimum atomic E-state index is -0.207. The van der Waals surface area contributed by atoms with Crippen molar-refractivity contribution in [2.45, 2.75) is 12.3 Å². The van der Waals surface area contributed by atoms with Crippen LogP contribution in [0.4, 0.5) is 16.2 Å². The molecule has 1 saturated heterocycles. The van der Waals surface area contributed by atoms with Gasteiger partial charge in [-0.3, -0.25) is 0 Å². The Morgan fingerprint density at radius 3 is 2.86 bits per heavy atom. The van der Waals surface area contributed by atoms with Crippen LogP contribution in [-0.2, 0) is 0 Å². The second-order valence-corrected chi connectivity index (χ2v) is 5.49. The fraction of sp³-hybridized carbons (Fsp3) is 0.267. The maximum atomic E-state index is 13.0. The fourth-order valence-electron chi connectivity index (χ4n) is 3.02. The summed E-state index contributed by atoms with van der Waals surface area (Å²) < 4.78 is 13.0. The SMILES string of the molecule is Nc1nc(N2CCC(c3ccc(F)cc3)C2)c2[nH]cnc2n1. The normalized spacial score (nSPS) is 18.2. The van der Waals surface area contributed by atoms with Crippen LogP contribution in [0, 0.1) is 5.82 Å². The van der Waals surface area contributed by atoms with Gasteiger partial charge in [-0.15, -0.1) is 0 Å². The van der Waals surface area contributed by atoms with Crippen LogP contribution in [0.2, 0.25) is 0 Å². The van der Waals surface area contributed by atoms with Gasteiger partial charge in [0.15, 0.2) is 11.5 Å². The Balaban J connectivity index is 1.64. The third kappa shape index (κ3) is 2.14. The van der Waals surface area contributed by atoms with Crippen molar-refractivity contribution in [1.82, 2.24) is 19.9 Å². The van der Waals surface area contributed by atoms with Gasteiger partial charge in [0, 0.05) is 19.0 Å². The molecule has 3 heterocycles. The summed E-state index contributed by atoms with van der Waals surface area (Å²) in [5.41, 5.74) is 8.29. The van der Waals surface area contributed by atoms with E-state index in [1.807, 2.05) is 12.1 Å². The number of hydrogen-bond donors (Lipinski definition) is 2. The Bertz CT molecular complexity index is 813. The van der Waals surface area contributed by atoms with Crippen LogP contribution < -0.4 is 10.6 Å². The lowest BCUT2D eigenvalue weighted by Crippen LogP contribution is -2.21. The summed E-state index contributed by atoms with van der Waals surface area (Å²) in [6.07, 6.45) is 2.58. The van der Waals surface area contributed by atoms with Gasteiger partial charge in [-0.25, -0.2) is 9.37 Å². The Morgan fingerprint density at radius 2 is 2.05 bits per heavy atom. The zero-order valence-electron chi connectivity index (χ0n) is 11.8. The Kier molecular flexibility index (Phi) is 2.92. The third-order valence-electron chi connectivity index (χ3n) is 4.11. The minimum Gasteiger partial charge on any atom is -0.368 e. The van der Waals surface area contributed by atoms with E-state index < -0.39 is 0 Å². The number of fused-ring (bicyclic) bond motifs is 1. The van der Waals surface area contributed by atoms with Gasteiger partial charge >= 0.3 is 0 Å². The summed E-state index contributed by atoms with van der Waals surface area (Å²) in [5.74, 6) is 1.15. The number of nitrogens with two attached hydrogens (primary N) is 1. The highest BCUT2D eigenvalue weighted by Gasteiger charge is 2.27. The highest BCUT2D eigenvalue weighted by Crippen LogP contribution is 2.32. The van der Waals surface area contributed by atoms with Crippen molar-refractivity contribution in [3.8, 4) is 0 Å². The summed E-state index contributed by atoms with van der Waals surface area (Å²) in [4.78, 5) is 17.9. The summed E-state index contributed by atoms with van der Waals surface area (Å²) >= 11 is 0. The molecule has 0 spiro atoms. The largest absolute Gasteiger partial charge is 0.368 e. The molecule has 112 valence electrons. The molecule has 3 aromatic rings. The number of aromatic nitrogens is 4. The number of nitrogens with one attached hydrogen (secondary N) is 1. The van der Waals surface area contributed by atoms with Crippen LogP contribution >= 0.6 is 0 Å². The van der Waals surface area contributed by atoms with Gasteiger partial charge in [0.05, 0.1) is 6.33 Å². The molecule has 22 heavy (non-hydrogen) atoms. The molecule has 0 radical (unpaired) electrons. The summed E-state index contributed by atoms with van der Waals surface area (Å²) in [6, 6.07) is 6.72. The molecular weight excluding hydrogens is 283 g/mol. The molecular formula is C15H15FN6. The molecule has 0 saturated carbocycles. The van der Waals surface area contributed by atoms with Crippen LogP contribution in [-0.4, -0.2) is 33.0 Å². The molecule has 1 aliphatic heterocycles. The van der Waals surface area contributed by atoms with Gasteiger partial charge < -0.3 is 15.6 Å². The number of imidazole rings is 1. The summed E-state index contributed by atoms with van der Waals surface area (Å²) in [7, 11) is 0. The maximum absolute atomic E-state index is 13.0. The van der Waals surface area contributed by atoms with E-state index in [0.29, 0.717) is 11.6 Å². The second kappa shape index (κ2) is 4.94. The zero-order chi connectivity index (χ0) is 15.1. The number of anilines is 2. The Labute approximate surface area is 126 Å². The maximum Gasteiger partial charge on any atom is 0.224 e. The highest BCUT2D eigenvalue weighted by molar-refractivity contribution is 5.84.